The summed E-state index contributed by atoms with van der Waals surface area (Å²) in [7, 11) is 1.64. The van der Waals surface area contributed by atoms with E-state index in [9.17, 15) is 5.11 Å². The van der Waals surface area contributed by atoms with Crippen molar-refractivity contribution in [2.24, 2.45) is 5.92 Å². The van der Waals surface area contributed by atoms with Gasteiger partial charge in [0, 0.05) is 5.92 Å². The molecule has 0 radical (unpaired) electrons. The van der Waals surface area contributed by atoms with Gasteiger partial charge in [-0.1, -0.05) is 31.2 Å². The van der Waals surface area contributed by atoms with Gasteiger partial charge in [0.25, 0.3) is 0 Å². The van der Waals surface area contributed by atoms with Gasteiger partial charge in [0.1, 0.15) is 11.4 Å². The van der Waals surface area contributed by atoms with E-state index >= 15 is 0 Å². The molecule has 0 aromatic heterocycles. The van der Waals surface area contributed by atoms with E-state index in [1.54, 1.807) is 19.3 Å². The number of benzene rings is 1. The summed E-state index contributed by atoms with van der Waals surface area (Å²) in [6, 6.07) is 7.72. The minimum Gasteiger partial charge on any atom is -0.497 e. The highest BCUT2D eigenvalue weighted by atomic mass is 16.6. The SMILES string of the molecule is COc1ccc(CO[C@@H]2[C@@H](C)[C@H](O)[C@@](C)(/C=C/CO)O[C@H]2C)cc1. The first-order chi connectivity index (χ1) is 11.4. The molecule has 0 spiro atoms. The molecule has 134 valence electrons. The van der Waals surface area contributed by atoms with Gasteiger partial charge in [0.15, 0.2) is 0 Å². The molecule has 0 bridgehead atoms. The maximum absolute atomic E-state index is 10.6. The Labute approximate surface area is 143 Å². The van der Waals surface area contributed by atoms with Crippen LogP contribution in [0.4, 0.5) is 0 Å². The normalized spacial score (nSPS) is 33.8. The van der Waals surface area contributed by atoms with Gasteiger partial charge in [-0.15, -0.1) is 0 Å². The van der Waals surface area contributed by atoms with Crippen molar-refractivity contribution >= 4 is 0 Å². The van der Waals surface area contributed by atoms with Crippen molar-refractivity contribution in [2.45, 2.75) is 51.3 Å². The van der Waals surface area contributed by atoms with Crippen molar-refractivity contribution in [1.29, 1.82) is 0 Å². The van der Waals surface area contributed by atoms with E-state index in [4.69, 9.17) is 19.3 Å². The number of rotatable bonds is 6. The summed E-state index contributed by atoms with van der Waals surface area (Å²) in [6.07, 6.45) is 2.23. The number of aliphatic hydroxyl groups excluding tert-OH is 2. The molecular weight excluding hydrogens is 308 g/mol. The predicted octanol–water partition coefficient (Wildman–Crippen LogP) is 2.30. The Bertz CT molecular complexity index is 541. The van der Waals surface area contributed by atoms with Crippen molar-refractivity contribution in [2.75, 3.05) is 13.7 Å². The zero-order valence-corrected chi connectivity index (χ0v) is 14.8. The summed E-state index contributed by atoms with van der Waals surface area (Å²) in [5.41, 5.74) is 0.222. The largest absolute Gasteiger partial charge is 0.497 e. The average Bonchev–Trinajstić information content (AvgIpc) is 2.58. The molecule has 1 aliphatic rings. The number of methoxy groups -OCH3 is 1. The molecule has 24 heavy (non-hydrogen) atoms. The van der Waals surface area contributed by atoms with Crippen LogP contribution < -0.4 is 4.74 Å². The molecule has 5 nitrogen and oxygen atoms in total. The van der Waals surface area contributed by atoms with Crippen LogP contribution in [0.15, 0.2) is 36.4 Å². The maximum atomic E-state index is 10.6. The Hall–Kier alpha value is -1.40. The van der Waals surface area contributed by atoms with E-state index in [-0.39, 0.29) is 24.7 Å². The highest BCUT2D eigenvalue weighted by Gasteiger charge is 2.47. The molecule has 2 rings (SSSR count). The van der Waals surface area contributed by atoms with Gasteiger partial charge in [-0.25, -0.2) is 0 Å². The smallest absolute Gasteiger partial charge is 0.118 e. The van der Waals surface area contributed by atoms with Crippen LogP contribution in [0, 0.1) is 5.92 Å². The maximum Gasteiger partial charge on any atom is 0.118 e. The van der Waals surface area contributed by atoms with E-state index in [1.807, 2.05) is 45.0 Å². The van der Waals surface area contributed by atoms with Crippen molar-refractivity contribution in [3.8, 4) is 5.75 Å². The van der Waals surface area contributed by atoms with Crippen LogP contribution >= 0.6 is 0 Å². The second kappa shape index (κ2) is 8.12. The van der Waals surface area contributed by atoms with E-state index in [2.05, 4.69) is 0 Å². The van der Waals surface area contributed by atoms with Crippen LogP contribution in [-0.2, 0) is 16.1 Å². The molecule has 5 atom stereocenters. The van der Waals surface area contributed by atoms with Gasteiger partial charge in [0.2, 0.25) is 0 Å². The highest BCUT2D eigenvalue weighted by Crippen LogP contribution is 2.36. The minimum atomic E-state index is -0.818. The van der Waals surface area contributed by atoms with Gasteiger partial charge in [-0.05, 0) is 31.5 Å². The van der Waals surface area contributed by atoms with E-state index in [1.165, 1.54) is 0 Å². The monoisotopic (exact) mass is 336 g/mol. The predicted molar refractivity (Wildman–Crippen MR) is 91.9 cm³/mol. The Balaban J connectivity index is 2.02. The zero-order valence-electron chi connectivity index (χ0n) is 14.8. The summed E-state index contributed by atoms with van der Waals surface area (Å²) in [5.74, 6) is 0.712. The molecule has 1 aromatic rings. The van der Waals surface area contributed by atoms with Gasteiger partial charge in [-0.2, -0.15) is 0 Å². The molecule has 1 fully saturated rings. The summed E-state index contributed by atoms with van der Waals surface area (Å²) < 4.78 is 17.2. The highest BCUT2D eigenvalue weighted by molar-refractivity contribution is 5.26. The zero-order chi connectivity index (χ0) is 17.7. The van der Waals surface area contributed by atoms with Crippen LogP contribution in [0.3, 0.4) is 0 Å². The van der Waals surface area contributed by atoms with Gasteiger partial charge in [0.05, 0.1) is 38.6 Å². The van der Waals surface area contributed by atoms with Gasteiger partial charge >= 0.3 is 0 Å². The summed E-state index contributed by atoms with van der Waals surface area (Å²) in [6.45, 7) is 6.12. The third kappa shape index (κ3) is 4.16. The Morgan fingerprint density at radius 2 is 1.92 bits per heavy atom. The lowest BCUT2D eigenvalue weighted by Crippen LogP contribution is -2.58. The molecule has 1 aromatic carbocycles. The Morgan fingerprint density at radius 3 is 2.50 bits per heavy atom. The van der Waals surface area contributed by atoms with Crippen molar-refractivity contribution in [3.05, 3.63) is 42.0 Å². The van der Waals surface area contributed by atoms with E-state index < -0.39 is 11.7 Å². The fraction of sp³-hybridized carbons (Fsp3) is 0.579. The lowest BCUT2D eigenvalue weighted by atomic mass is 9.80. The number of hydrogen-bond acceptors (Lipinski definition) is 5. The molecule has 2 N–H and O–H groups in total. The quantitative estimate of drug-likeness (QED) is 0.780. The molecule has 0 amide bonds. The van der Waals surface area contributed by atoms with Gasteiger partial charge < -0.3 is 24.4 Å². The average molecular weight is 336 g/mol. The van der Waals surface area contributed by atoms with Crippen LogP contribution in [-0.4, -0.2) is 47.8 Å². The lowest BCUT2D eigenvalue weighted by Gasteiger charge is -2.47. The number of hydrogen-bond donors (Lipinski definition) is 2. The van der Waals surface area contributed by atoms with E-state index in [0.717, 1.165) is 11.3 Å². The third-order valence-electron chi connectivity index (χ3n) is 4.66. The summed E-state index contributed by atoms with van der Waals surface area (Å²) in [5, 5.41) is 19.6. The molecule has 1 aliphatic heterocycles. The molecule has 1 saturated heterocycles. The van der Waals surface area contributed by atoms with Crippen LogP contribution in [0.25, 0.3) is 0 Å². The first kappa shape index (κ1) is 18.9. The Kier molecular flexibility index (Phi) is 6.40. The molecule has 0 aliphatic carbocycles. The molecule has 0 unspecified atom stereocenters. The van der Waals surface area contributed by atoms with Gasteiger partial charge in [-0.3, -0.25) is 0 Å². The lowest BCUT2D eigenvalue weighted by molar-refractivity contribution is -0.232. The van der Waals surface area contributed by atoms with Crippen LogP contribution in [0.1, 0.15) is 26.3 Å². The molecule has 5 heteroatoms. The first-order valence-electron chi connectivity index (χ1n) is 8.30. The molecule has 1 heterocycles. The minimum absolute atomic E-state index is 0.0775. The summed E-state index contributed by atoms with van der Waals surface area (Å²) >= 11 is 0. The van der Waals surface area contributed by atoms with Crippen molar-refractivity contribution < 1.29 is 24.4 Å². The van der Waals surface area contributed by atoms with Crippen molar-refractivity contribution in [3.63, 3.8) is 0 Å². The third-order valence-corrected chi connectivity index (χ3v) is 4.66. The fourth-order valence-corrected chi connectivity index (χ4v) is 3.29. The van der Waals surface area contributed by atoms with Crippen LogP contribution in [0.5, 0.6) is 5.75 Å². The second-order valence-corrected chi connectivity index (χ2v) is 6.52. The fourth-order valence-electron chi connectivity index (χ4n) is 3.29. The first-order valence-corrected chi connectivity index (χ1v) is 8.30. The standard InChI is InChI=1S/C19H28O5/c1-13-17(23-12-15-6-8-16(22-4)9-7-15)14(2)24-19(3,18(13)21)10-5-11-20/h5-10,13-14,17-18,20-21H,11-12H2,1-4H3/b10-5+/t13-,14+,17-,18+,19-/m1/s1. The molecular formula is C19H28O5. The molecule has 0 saturated carbocycles. The number of ether oxygens (including phenoxy) is 3. The van der Waals surface area contributed by atoms with Crippen LogP contribution in [0.2, 0.25) is 0 Å². The van der Waals surface area contributed by atoms with E-state index in [0.29, 0.717) is 6.61 Å². The number of aliphatic hydroxyl groups is 2. The summed E-state index contributed by atoms with van der Waals surface area (Å²) in [4.78, 5) is 0. The van der Waals surface area contributed by atoms with Crippen molar-refractivity contribution in [1.82, 2.24) is 0 Å². The second-order valence-electron chi connectivity index (χ2n) is 6.52. The topological polar surface area (TPSA) is 68.2 Å². The Morgan fingerprint density at radius 1 is 1.25 bits per heavy atom.